The van der Waals surface area contributed by atoms with Crippen molar-refractivity contribution in [3.63, 3.8) is 0 Å². The monoisotopic (exact) mass is 340 g/mol. The van der Waals surface area contributed by atoms with Gasteiger partial charge in [-0.3, -0.25) is 4.79 Å². The van der Waals surface area contributed by atoms with Crippen LogP contribution in [-0.4, -0.2) is 35.7 Å². The zero-order valence-electron chi connectivity index (χ0n) is 13.2. The number of thioether (sulfide) groups is 1. The molecule has 0 radical (unpaired) electrons. The smallest absolute Gasteiger partial charge is 0.240 e. The molecule has 2 aliphatic heterocycles. The third-order valence-corrected chi connectivity index (χ3v) is 6.07. The lowest BCUT2D eigenvalue weighted by Crippen LogP contribution is -2.54. The van der Waals surface area contributed by atoms with Gasteiger partial charge in [-0.05, 0) is 35.1 Å². The van der Waals surface area contributed by atoms with E-state index in [1.54, 1.807) is 11.8 Å². The number of fused-ring (bicyclic) bond motifs is 1. The highest BCUT2D eigenvalue weighted by Gasteiger charge is 2.38. The van der Waals surface area contributed by atoms with E-state index in [2.05, 4.69) is 32.0 Å². The molecule has 0 aromatic heterocycles. The van der Waals surface area contributed by atoms with Gasteiger partial charge in [0.1, 0.15) is 5.25 Å². The number of amides is 1. The molecule has 1 amide bonds. The lowest BCUT2D eigenvalue weighted by Gasteiger charge is -2.44. The maximum Gasteiger partial charge on any atom is 0.240 e. The molecule has 3 nitrogen and oxygen atoms in total. The molecule has 22 heavy (non-hydrogen) atoms. The van der Waals surface area contributed by atoms with Crippen LogP contribution >= 0.6 is 24.2 Å². The van der Waals surface area contributed by atoms with E-state index in [0.717, 1.165) is 31.7 Å². The number of carbonyl (C=O) groups excluding carboxylic acids is 1. The first-order chi connectivity index (χ1) is 9.99. The zero-order chi connectivity index (χ0) is 15.0. The van der Waals surface area contributed by atoms with Crippen LogP contribution in [0.1, 0.15) is 36.6 Å². The van der Waals surface area contributed by atoms with Crippen molar-refractivity contribution in [2.75, 3.05) is 18.8 Å². The Hall–Kier alpha value is -0.710. The number of halogens is 1. The standard InChI is InChI=1S/C17H24N2OS.ClH/c1-17(2)11-19(9-7-14(17)18)16(20)15-13-6-4-3-5-12(13)8-10-21-15;/h3-6,14-15H,7-11,18H2,1-2H3;1H. The summed E-state index contributed by atoms with van der Waals surface area (Å²) in [5.41, 5.74) is 8.74. The molecule has 2 N–H and O–H groups in total. The number of carbonyl (C=O) groups is 1. The van der Waals surface area contributed by atoms with Gasteiger partial charge in [-0.15, -0.1) is 24.2 Å². The molecule has 2 atom stereocenters. The van der Waals surface area contributed by atoms with Crippen molar-refractivity contribution < 1.29 is 4.79 Å². The van der Waals surface area contributed by atoms with Gasteiger partial charge in [0.25, 0.3) is 0 Å². The first kappa shape index (κ1) is 17.6. The predicted molar refractivity (Wildman–Crippen MR) is 95.5 cm³/mol. The number of likely N-dealkylation sites (tertiary alicyclic amines) is 1. The minimum atomic E-state index is -0.0277. The molecule has 1 aromatic carbocycles. The summed E-state index contributed by atoms with van der Waals surface area (Å²) in [6.45, 7) is 5.90. The molecule has 1 saturated heterocycles. The van der Waals surface area contributed by atoms with E-state index >= 15 is 0 Å². The number of nitrogens with two attached hydrogens (primary N) is 1. The second-order valence-corrected chi connectivity index (χ2v) is 8.06. The van der Waals surface area contributed by atoms with Crippen LogP contribution in [0.4, 0.5) is 0 Å². The van der Waals surface area contributed by atoms with Crippen LogP contribution in [-0.2, 0) is 11.2 Å². The fraction of sp³-hybridized carbons (Fsp3) is 0.588. The number of nitrogens with zero attached hydrogens (tertiary/aromatic N) is 1. The third-order valence-electron chi connectivity index (χ3n) is 4.84. The Morgan fingerprint density at radius 1 is 1.36 bits per heavy atom. The topological polar surface area (TPSA) is 46.3 Å². The van der Waals surface area contributed by atoms with E-state index in [1.807, 2.05) is 11.0 Å². The average Bonchev–Trinajstić information content (AvgIpc) is 2.48. The van der Waals surface area contributed by atoms with Crippen molar-refractivity contribution in [1.82, 2.24) is 4.90 Å². The molecule has 0 spiro atoms. The molecule has 2 aliphatic rings. The summed E-state index contributed by atoms with van der Waals surface area (Å²) < 4.78 is 0. The molecule has 0 aliphatic carbocycles. The Kier molecular flexibility index (Phi) is 5.46. The van der Waals surface area contributed by atoms with Crippen LogP contribution < -0.4 is 5.73 Å². The summed E-state index contributed by atoms with van der Waals surface area (Å²) in [4.78, 5) is 15.0. The molecule has 0 saturated carbocycles. The second kappa shape index (κ2) is 6.81. The highest BCUT2D eigenvalue weighted by Crippen LogP contribution is 2.39. The van der Waals surface area contributed by atoms with Crippen molar-refractivity contribution in [2.24, 2.45) is 11.1 Å². The van der Waals surface area contributed by atoms with Crippen LogP contribution in [0.5, 0.6) is 0 Å². The molecular weight excluding hydrogens is 316 g/mol. The number of aryl methyl sites for hydroxylation is 1. The fourth-order valence-corrected chi connectivity index (χ4v) is 4.60. The summed E-state index contributed by atoms with van der Waals surface area (Å²) in [7, 11) is 0. The Labute approximate surface area is 143 Å². The maximum absolute atomic E-state index is 13.0. The Bertz CT molecular complexity index is 549. The van der Waals surface area contributed by atoms with Gasteiger partial charge in [0.05, 0.1) is 0 Å². The van der Waals surface area contributed by atoms with Crippen LogP contribution in [0.25, 0.3) is 0 Å². The molecular formula is C17H25ClN2OS. The third kappa shape index (κ3) is 3.29. The molecule has 1 fully saturated rings. The molecule has 1 aromatic rings. The summed E-state index contributed by atoms with van der Waals surface area (Å²) in [5, 5.41) is -0.0277. The first-order valence-corrected chi connectivity index (χ1v) is 8.78. The Morgan fingerprint density at radius 2 is 2.09 bits per heavy atom. The molecule has 5 heteroatoms. The largest absolute Gasteiger partial charge is 0.341 e. The maximum atomic E-state index is 13.0. The predicted octanol–water partition coefficient (Wildman–Crippen LogP) is 3.02. The van der Waals surface area contributed by atoms with E-state index < -0.39 is 0 Å². The van der Waals surface area contributed by atoms with Gasteiger partial charge >= 0.3 is 0 Å². The van der Waals surface area contributed by atoms with E-state index in [9.17, 15) is 4.79 Å². The van der Waals surface area contributed by atoms with Crippen molar-refractivity contribution >= 4 is 30.1 Å². The van der Waals surface area contributed by atoms with Gasteiger partial charge in [0, 0.05) is 19.1 Å². The van der Waals surface area contributed by atoms with Gasteiger partial charge in [0.2, 0.25) is 5.91 Å². The first-order valence-electron chi connectivity index (χ1n) is 7.73. The van der Waals surface area contributed by atoms with Crippen LogP contribution in [0.2, 0.25) is 0 Å². The number of hydrogen-bond acceptors (Lipinski definition) is 3. The number of piperidine rings is 1. The molecule has 2 heterocycles. The SMILES string of the molecule is CC1(C)CN(C(=O)C2SCCc3ccccc32)CCC1N.Cl. The second-order valence-electron chi connectivity index (χ2n) is 6.84. The van der Waals surface area contributed by atoms with Gasteiger partial charge < -0.3 is 10.6 Å². The highest BCUT2D eigenvalue weighted by molar-refractivity contribution is 8.00. The van der Waals surface area contributed by atoms with E-state index in [4.69, 9.17) is 5.73 Å². The van der Waals surface area contributed by atoms with Crippen LogP contribution in [0.3, 0.4) is 0 Å². The minimum absolute atomic E-state index is 0. The zero-order valence-corrected chi connectivity index (χ0v) is 14.9. The van der Waals surface area contributed by atoms with Gasteiger partial charge in [-0.1, -0.05) is 38.1 Å². The lowest BCUT2D eigenvalue weighted by molar-refractivity contribution is -0.134. The molecule has 3 rings (SSSR count). The molecule has 0 bridgehead atoms. The molecule has 2 unspecified atom stereocenters. The highest BCUT2D eigenvalue weighted by atomic mass is 35.5. The number of benzene rings is 1. The molecule has 122 valence electrons. The average molecular weight is 341 g/mol. The van der Waals surface area contributed by atoms with Crippen LogP contribution in [0.15, 0.2) is 24.3 Å². The Balaban J connectivity index is 0.00000176. The van der Waals surface area contributed by atoms with Crippen molar-refractivity contribution in [1.29, 1.82) is 0 Å². The summed E-state index contributed by atoms with van der Waals surface area (Å²) >= 11 is 1.79. The fourth-order valence-electron chi connectivity index (χ4n) is 3.33. The van der Waals surface area contributed by atoms with Gasteiger partial charge in [0.15, 0.2) is 0 Å². The van der Waals surface area contributed by atoms with Gasteiger partial charge in [-0.25, -0.2) is 0 Å². The quantitative estimate of drug-likeness (QED) is 0.854. The van der Waals surface area contributed by atoms with E-state index in [0.29, 0.717) is 0 Å². The van der Waals surface area contributed by atoms with E-state index in [1.165, 1.54) is 11.1 Å². The van der Waals surface area contributed by atoms with Crippen molar-refractivity contribution in [3.8, 4) is 0 Å². The van der Waals surface area contributed by atoms with Crippen molar-refractivity contribution in [3.05, 3.63) is 35.4 Å². The van der Waals surface area contributed by atoms with Crippen molar-refractivity contribution in [2.45, 2.75) is 38.0 Å². The Morgan fingerprint density at radius 3 is 2.82 bits per heavy atom. The van der Waals surface area contributed by atoms with Crippen LogP contribution in [0, 0.1) is 5.41 Å². The van der Waals surface area contributed by atoms with E-state index in [-0.39, 0.29) is 35.0 Å². The summed E-state index contributed by atoms with van der Waals surface area (Å²) in [6.07, 6.45) is 1.97. The number of hydrogen-bond donors (Lipinski definition) is 1. The lowest BCUT2D eigenvalue weighted by atomic mass is 9.79. The summed E-state index contributed by atoms with van der Waals surface area (Å²) in [5.74, 6) is 1.30. The number of rotatable bonds is 1. The van der Waals surface area contributed by atoms with Gasteiger partial charge in [-0.2, -0.15) is 0 Å². The minimum Gasteiger partial charge on any atom is -0.341 e. The summed E-state index contributed by atoms with van der Waals surface area (Å²) in [6, 6.07) is 8.57. The normalized spacial score (nSPS) is 26.8.